The third-order valence-electron chi connectivity index (χ3n) is 8.53. The number of fused-ring (bicyclic) bond motifs is 5. The van der Waals surface area contributed by atoms with E-state index in [4.69, 9.17) is 4.52 Å². The van der Waals surface area contributed by atoms with Crippen LogP contribution < -0.4 is 10.6 Å². The molecule has 9 nitrogen and oxygen atoms in total. The minimum absolute atomic E-state index is 0.0599. The SMILES string of the molecule is O=C1CCC(N2Cc3c(ccc4c3NCC43CCN(Cc4ccc5oncc5c4)CC3)C2=O)C(=O)N1. The molecule has 1 spiro atoms. The number of nitrogens with zero attached hydrogens (tertiary/aromatic N) is 3. The van der Waals surface area contributed by atoms with Gasteiger partial charge in [-0.1, -0.05) is 17.3 Å². The van der Waals surface area contributed by atoms with E-state index in [1.54, 1.807) is 11.1 Å². The number of piperidine rings is 2. The Morgan fingerprint density at radius 2 is 1.97 bits per heavy atom. The number of aromatic nitrogens is 1. The molecule has 0 bridgehead atoms. The summed E-state index contributed by atoms with van der Waals surface area (Å²) < 4.78 is 5.22. The van der Waals surface area contributed by atoms with Crippen molar-refractivity contribution >= 4 is 34.4 Å². The molecular formula is C27H27N5O4. The maximum Gasteiger partial charge on any atom is 0.255 e. The Morgan fingerprint density at radius 1 is 1.11 bits per heavy atom. The molecule has 4 aliphatic rings. The Kier molecular flexibility index (Phi) is 4.73. The second-order valence-electron chi connectivity index (χ2n) is 10.5. The summed E-state index contributed by atoms with van der Waals surface area (Å²) in [5, 5.41) is 10.9. The standard InChI is InChI=1S/C27H27N5O4/c33-23-6-4-21(25(34)30-23)32-14-19-18(26(32)35)2-3-20-24(19)28-15-27(20)7-9-31(10-8-27)13-16-1-5-22-17(11-16)12-29-36-22/h1-3,5,11-12,21,28H,4,6-10,13-15H2,(H,30,33,34). The lowest BCUT2D eigenvalue weighted by atomic mass is 9.73. The summed E-state index contributed by atoms with van der Waals surface area (Å²) in [6.45, 7) is 4.18. The molecule has 7 rings (SSSR count). The second-order valence-corrected chi connectivity index (χ2v) is 10.5. The molecule has 2 N–H and O–H groups in total. The first-order valence-corrected chi connectivity index (χ1v) is 12.6. The fraction of sp³-hybridized carbons (Fsp3) is 0.407. The quantitative estimate of drug-likeness (QED) is 0.549. The zero-order valence-corrected chi connectivity index (χ0v) is 19.9. The van der Waals surface area contributed by atoms with Crippen LogP contribution in [0.1, 0.15) is 52.7 Å². The number of amides is 3. The first-order chi connectivity index (χ1) is 17.5. The van der Waals surface area contributed by atoms with E-state index in [1.807, 2.05) is 12.1 Å². The van der Waals surface area contributed by atoms with Gasteiger partial charge in [0.1, 0.15) is 6.04 Å². The van der Waals surface area contributed by atoms with Gasteiger partial charge in [0.2, 0.25) is 11.8 Å². The maximum absolute atomic E-state index is 13.2. The lowest BCUT2D eigenvalue weighted by molar-refractivity contribution is -0.136. The van der Waals surface area contributed by atoms with Crippen LogP contribution in [0.25, 0.3) is 11.0 Å². The molecule has 1 aromatic heterocycles. The van der Waals surface area contributed by atoms with E-state index in [-0.39, 0.29) is 29.6 Å². The average Bonchev–Trinajstić information content (AvgIpc) is 3.57. The van der Waals surface area contributed by atoms with Gasteiger partial charge in [0.05, 0.1) is 6.20 Å². The van der Waals surface area contributed by atoms with Gasteiger partial charge < -0.3 is 14.7 Å². The number of benzene rings is 2. The molecule has 184 valence electrons. The van der Waals surface area contributed by atoms with Crippen LogP contribution in [-0.4, -0.2) is 58.4 Å². The first-order valence-electron chi connectivity index (χ1n) is 12.6. The van der Waals surface area contributed by atoms with Crippen molar-refractivity contribution < 1.29 is 18.9 Å². The summed E-state index contributed by atoms with van der Waals surface area (Å²) in [7, 11) is 0. The Morgan fingerprint density at radius 3 is 2.81 bits per heavy atom. The van der Waals surface area contributed by atoms with Crippen molar-refractivity contribution in [3.63, 3.8) is 0 Å². The molecular weight excluding hydrogens is 458 g/mol. The van der Waals surface area contributed by atoms with Crippen LogP contribution in [0.15, 0.2) is 41.1 Å². The fourth-order valence-corrected chi connectivity index (χ4v) is 6.50. The van der Waals surface area contributed by atoms with Crippen LogP contribution in [0.2, 0.25) is 0 Å². The molecule has 0 aliphatic carbocycles. The van der Waals surface area contributed by atoms with Gasteiger partial charge in [-0.05, 0) is 61.7 Å². The Bertz CT molecular complexity index is 1420. The molecule has 1 unspecified atom stereocenters. The molecule has 0 saturated carbocycles. The topological polar surface area (TPSA) is 108 Å². The summed E-state index contributed by atoms with van der Waals surface area (Å²) in [5.41, 5.74) is 6.16. The monoisotopic (exact) mass is 485 g/mol. The molecule has 0 radical (unpaired) electrons. The Hall–Kier alpha value is -3.72. The summed E-state index contributed by atoms with van der Waals surface area (Å²) in [4.78, 5) is 41.3. The Labute approximate surface area is 207 Å². The van der Waals surface area contributed by atoms with Crippen LogP contribution in [-0.2, 0) is 28.1 Å². The fourth-order valence-electron chi connectivity index (χ4n) is 6.50. The molecule has 1 atom stereocenters. The number of carbonyl (C=O) groups is 3. The van der Waals surface area contributed by atoms with E-state index in [1.165, 1.54) is 11.1 Å². The number of carbonyl (C=O) groups excluding carboxylic acids is 3. The third-order valence-corrected chi connectivity index (χ3v) is 8.53. The van der Waals surface area contributed by atoms with Crippen molar-refractivity contribution in [1.82, 2.24) is 20.3 Å². The highest BCUT2D eigenvalue weighted by Crippen LogP contribution is 2.48. The molecule has 5 heterocycles. The zero-order valence-electron chi connectivity index (χ0n) is 19.9. The van der Waals surface area contributed by atoms with Gasteiger partial charge in [-0.15, -0.1) is 0 Å². The molecule has 3 amide bonds. The van der Waals surface area contributed by atoms with Gasteiger partial charge in [-0.3, -0.25) is 24.6 Å². The predicted octanol–water partition coefficient (Wildman–Crippen LogP) is 2.55. The first kappa shape index (κ1) is 21.6. The molecule has 2 saturated heterocycles. The van der Waals surface area contributed by atoms with E-state index in [0.717, 1.165) is 61.2 Å². The van der Waals surface area contributed by atoms with E-state index in [9.17, 15) is 14.4 Å². The number of imide groups is 1. The van der Waals surface area contributed by atoms with E-state index < -0.39 is 6.04 Å². The molecule has 2 fully saturated rings. The minimum atomic E-state index is -0.589. The van der Waals surface area contributed by atoms with Crippen LogP contribution in [0, 0.1) is 0 Å². The van der Waals surface area contributed by atoms with Crippen LogP contribution in [0.3, 0.4) is 0 Å². The van der Waals surface area contributed by atoms with Crippen molar-refractivity contribution in [1.29, 1.82) is 0 Å². The lowest BCUT2D eigenvalue weighted by Crippen LogP contribution is -2.52. The predicted molar refractivity (Wildman–Crippen MR) is 131 cm³/mol. The number of likely N-dealkylation sites (tertiary alicyclic amines) is 1. The highest BCUT2D eigenvalue weighted by Gasteiger charge is 2.46. The largest absolute Gasteiger partial charge is 0.384 e. The number of anilines is 1. The van der Waals surface area contributed by atoms with E-state index in [2.05, 4.69) is 38.9 Å². The third kappa shape index (κ3) is 3.26. The zero-order chi connectivity index (χ0) is 24.4. The highest BCUT2D eigenvalue weighted by molar-refractivity contribution is 6.06. The molecule has 9 heteroatoms. The van der Waals surface area contributed by atoms with Crippen molar-refractivity contribution in [3.8, 4) is 0 Å². The smallest absolute Gasteiger partial charge is 0.255 e. The Balaban J connectivity index is 1.08. The minimum Gasteiger partial charge on any atom is -0.384 e. The molecule has 3 aromatic rings. The molecule has 4 aliphatic heterocycles. The summed E-state index contributed by atoms with van der Waals surface area (Å²) >= 11 is 0. The highest BCUT2D eigenvalue weighted by atomic mass is 16.5. The van der Waals surface area contributed by atoms with Crippen LogP contribution in [0.5, 0.6) is 0 Å². The summed E-state index contributed by atoms with van der Waals surface area (Å²) in [5.74, 6) is -0.760. The molecule has 2 aromatic carbocycles. The van der Waals surface area contributed by atoms with Gasteiger partial charge >= 0.3 is 0 Å². The van der Waals surface area contributed by atoms with E-state index >= 15 is 0 Å². The second kappa shape index (κ2) is 7.89. The number of hydrogen-bond acceptors (Lipinski definition) is 7. The number of hydrogen-bond donors (Lipinski definition) is 2. The van der Waals surface area contributed by atoms with Gasteiger partial charge in [-0.2, -0.15) is 0 Å². The van der Waals surface area contributed by atoms with Crippen LogP contribution in [0.4, 0.5) is 5.69 Å². The normalized spacial score (nSPS) is 23.2. The summed E-state index contributed by atoms with van der Waals surface area (Å²) in [6, 6.07) is 9.72. The van der Waals surface area contributed by atoms with Gasteiger partial charge in [0.25, 0.3) is 5.91 Å². The van der Waals surface area contributed by atoms with Crippen molar-refractivity contribution in [2.75, 3.05) is 25.0 Å². The van der Waals surface area contributed by atoms with Gasteiger partial charge in [-0.25, -0.2) is 0 Å². The van der Waals surface area contributed by atoms with Gasteiger partial charge in [0, 0.05) is 53.7 Å². The lowest BCUT2D eigenvalue weighted by Gasteiger charge is -2.39. The van der Waals surface area contributed by atoms with Crippen molar-refractivity contribution in [3.05, 3.63) is 58.8 Å². The number of nitrogens with one attached hydrogen (secondary N) is 2. The van der Waals surface area contributed by atoms with E-state index in [0.29, 0.717) is 18.5 Å². The summed E-state index contributed by atoms with van der Waals surface area (Å²) in [6.07, 6.45) is 4.50. The number of rotatable bonds is 3. The van der Waals surface area contributed by atoms with Crippen molar-refractivity contribution in [2.45, 2.75) is 50.2 Å². The average molecular weight is 486 g/mol. The van der Waals surface area contributed by atoms with Crippen molar-refractivity contribution in [2.24, 2.45) is 0 Å². The van der Waals surface area contributed by atoms with Gasteiger partial charge in [0.15, 0.2) is 5.58 Å². The maximum atomic E-state index is 13.2. The molecule has 36 heavy (non-hydrogen) atoms. The van der Waals surface area contributed by atoms with Crippen LogP contribution >= 0.6 is 0 Å².